The largest absolute Gasteiger partial charge is 0.295 e. The molecule has 0 unspecified atom stereocenters. The van der Waals surface area contributed by atoms with E-state index in [-0.39, 0.29) is 5.76 Å². The van der Waals surface area contributed by atoms with Gasteiger partial charge in [0, 0.05) is 0 Å². The maximum atomic E-state index is 10.4. The molecule has 0 saturated carbocycles. The van der Waals surface area contributed by atoms with Gasteiger partial charge < -0.3 is 0 Å². The average molecular weight is 111 g/mol. The van der Waals surface area contributed by atoms with Crippen LogP contribution in [0.25, 0.3) is 0 Å². The summed E-state index contributed by atoms with van der Waals surface area (Å²) in [6.45, 7) is 5.27. The second kappa shape index (κ2) is 3.30. The van der Waals surface area contributed by atoms with Gasteiger partial charge in [-0.15, -0.1) is 0 Å². The first kappa shape index (κ1) is 7.28. The Kier molecular flexibility index (Phi) is 3.01. The van der Waals surface area contributed by atoms with Crippen molar-refractivity contribution in [3.63, 3.8) is 0 Å². The Bertz CT molecular complexity index is 116. The molecule has 0 fully saturated rings. The molecule has 8 heavy (non-hydrogen) atoms. The molecule has 0 spiro atoms. The normalized spacial score (nSPS) is 14.4. The fourth-order valence-electron chi connectivity index (χ4n) is 0.367. The molecule has 1 nitrogen and oxygen atoms in total. The highest BCUT2D eigenvalue weighted by molar-refractivity contribution is 5.16. The van der Waals surface area contributed by atoms with Crippen molar-refractivity contribution in [2.45, 2.75) is 20.8 Å². The highest BCUT2D eigenvalue weighted by Crippen LogP contribution is 2.00. The number of allylic oxidation sites excluding steroid dienone is 4. The topological polar surface area (TPSA) is 19.9 Å². The molecule has 0 saturated heterocycles. The van der Waals surface area contributed by atoms with Crippen molar-refractivity contribution >= 4 is 0 Å². The van der Waals surface area contributed by atoms with Crippen LogP contribution in [-0.4, -0.2) is 0 Å². The van der Waals surface area contributed by atoms with E-state index in [1.54, 1.807) is 6.92 Å². The molecule has 1 heteroatoms. The van der Waals surface area contributed by atoms with Gasteiger partial charge in [0.25, 0.3) is 0 Å². The van der Waals surface area contributed by atoms with Gasteiger partial charge in [0.1, 0.15) is 0 Å². The van der Waals surface area contributed by atoms with Crippen LogP contribution in [0.1, 0.15) is 20.8 Å². The lowest BCUT2D eigenvalue weighted by atomic mass is 10.2. The molecule has 1 radical (unpaired) electrons. The van der Waals surface area contributed by atoms with E-state index < -0.39 is 0 Å². The van der Waals surface area contributed by atoms with E-state index in [0.717, 1.165) is 5.57 Å². The molecule has 0 aliphatic carbocycles. The Balaban J connectivity index is 4.00. The van der Waals surface area contributed by atoms with Gasteiger partial charge in [-0.2, -0.15) is 0 Å². The first-order chi connectivity index (χ1) is 3.68. The SMILES string of the molecule is CC=CC(C)=C(C)[O]. The van der Waals surface area contributed by atoms with E-state index in [4.69, 9.17) is 0 Å². The summed E-state index contributed by atoms with van der Waals surface area (Å²) in [7, 11) is 0. The lowest BCUT2D eigenvalue weighted by Gasteiger charge is -1.86. The molecule has 0 N–H and O–H groups in total. The smallest absolute Gasteiger partial charge is 0.155 e. The molecule has 0 bridgehead atoms. The second-order valence-electron chi connectivity index (χ2n) is 1.74. The van der Waals surface area contributed by atoms with Crippen LogP contribution in [0.5, 0.6) is 0 Å². The minimum absolute atomic E-state index is 0.142. The molecule has 0 heterocycles. The van der Waals surface area contributed by atoms with Gasteiger partial charge in [-0.05, 0) is 26.3 Å². The lowest BCUT2D eigenvalue weighted by molar-refractivity contribution is 0.296. The standard InChI is InChI=1S/C7H11O/c1-4-5-6(2)7(3)8/h4-5H,1-3H3. The third-order valence-electron chi connectivity index (χ3n) is 0.972. The van der Waals surface area contributed by atoms with E-state index in [2.05, 4.69) is 0 Å². The first-order valence-electron chi connectivity index (χ1n) is 2.65. The quantitative estimate of drug-likeness (QED) is 0.365. The zero-order chi connectivity index (χ0) is 6.57. The molecule has 0 amide bonds. The predicted molar refractivity (Wildman–Crippen MR) is 33.9 cm³/mol. The van der Waals surface area contributed by atoms with E-state index >= 15 is 0 Å². The van der Waals surface area contributed by atoms with Crippen molar-refractivity contribution in [2.24, 2.45) is 0 Å². The van der Waals surface area contributed by atoms with Crippen LogP contribution < -0.4 is 0 Å². The van der Waals surface area contributed by atoms with E-state index in [0.29, 0.717) is 0 Å². The van der Waals surface area contributed by atoms with Crippen molar-refractivity contribution in [1.29, 1.82) is 0 Å². The third kappa shape index (κ3) is 2.45. The van der Waals surface area contributed by atoms with E-state index in [1.165, 1.54) is 0 Å². The maximum absolute atomic E-state index is 10.4. The molecular weight excluding hydrogens is 100 g/mol. The highest BCUT2D eigenvalue weighted by atomic mass is 16.3. The van der Waals surface area contributed by atoms with Crippen LogP contribution in [0.3, 0.4) is 0 Å². The Morgan fingerprint density at radius 3 is 2.00 bits per heavy atom. The van der Waals surface area contributed by atoms with Gasteiger partial charge in [-0.1, -0.05) is 12.2 Å². The average Bonchev–Trinajstić information content (AvgIpc) is 1.67. The molecular formula is C7H11O. The fourth-order valence-corrected chi connectivity index (χ4v) is 0.367. The molecule has 0 aliphatic heterocycles. The summed E-state index contributed by atoms with van der Waals surface area (Å²) < 4.78 is 0. The summed E-state index contributed by atoms with van der Waals surface area (Å²) >= 11 is 0. The van der Waals surface area contributed by atoms with E-state index in [9.17, 15) is 5.11 Å². The van der Waals surface area contributed by atoms with Crippen LogP contribution in [-0.2, 0) is 5.11 Å². The van der Waals surface area contributed by atoms with Gasteiger partial charge in [0.05, 0.1) is 0 Å². The maximum Gasteiger partial charge on any atom is 0.155 e. The Morgan fingerprint density at radius 1 is 1.38 bits per heavy atom. The first-order valence-corrected chi connectivity index (χ1v) is 2.65. The van der Waals surface area contributed by atoms with Gasteiger partial charge in [0.15, 0.2) is 5.76 Å². The Hall–Kier alpha value is -0.720. The molecule has 0 aliphatic rings. The minimum Gasteiger partial charge on any atom is -0.295 e. The van der Waals surface area contributed by atoms with Crippen LogP contribution >= 0.6 is 0 Å². The second-order valence-corrected chi connectivity index (χ2v) is 1.74. The fraction of sp³-hybridized carbons (Fsp3) is 0.429. The van der Waals surface area contributed by atoms with Crippen LogP contribution in [0, 0.1) is 0 Å². The number of hydrogen-bond donors (Lipinski definition) is 0. The number of rotatable bonds is 1. The van der Waals surface area contributed by atoms with Gasteiger partial charge >= 0.3 is 0 Å². The third-order valence-corrected chi connectivity index (χ3v) is 0.972. The molecule has 0 aromatic heterocycles. The van der Waals surface area contributed by atoms with Crippen molar-refractivity contribution < 1.29 is 5.11 Å². The van der Waals surface area contributed by atoms with Gasteiger partial charge in [0.2, 0.25) is 0 Å². The molecule has 0 rings (SSSR count). The summed E-state index contributed by atoms with van der Waals surface area (Å²) in [5.41, 5.74) is 0.813. The zero-order valence-corrected chi connectivity index (χ0v) is 5.56. The van der Waals surface area contributed by atoms with E-state index in [1.807, 2.05) is 26.0 Å². The number of hydrogen-bond acceptors (Lipinski definition) is 0. The molecule has 0 aromatic rings. The summed E-state index contributed by atoms with van der Waals surface area (Å²) in [4.78, 5) is 0. The zero-order valence-electron chi connectivity index (χ0n) is 5.56. The Morgan fingerprint density at radius 2 is 1.88 bits per heavy atom. The molecule has 0 aromatic carbocycles. The predicted octanol–water partition coefficient (Wildman–Crippen LogP) is 2.29. The summed E-state index contributed by atoms with van der Waals surface area (Å²) in [5, 5.41) is 10.4. The minimum atomic E-state index is 0.142. The van der Waals surface area contributed by atoms with Crippen molar-refractivity contribution in [2.75, 3.05) is 0 Å². The summed E-state index contributed by atoms with van der Waals surface area (Å²) in [5.74, 6) is 0.142. The van der Waals surface area contributed by atoms with Crippen molar-refractivity contribution in [1.82, 2.24) is 0 Å². The highest BCUT2D eigenvalue weighted by Gasteiger charge is 1.87. The van der Waals surface area contributed by atoms with Crippen LogP contribution in [0.2, 0.25) is 0 Å². The van der Waals surface area contributed by atoms with Crippen molar-refractivity contribution in [3.8, 4) is 0 Å². The summed E-state index contributed by atoms with van der Waals surface area (Å²) in [6, 6.07) is 0. The molecule has 0 atom stereocenters. The van der Waals surface area contributed by atoms with Crippen molar-refractivity contribution in [3.05, 3.63) is 23.5 Å². The van der Waals surface area contributed by atoms with Gasteiger partial charge in [-0.3, -0.25) is 5.11 Å². The van der Waals surface area contributed by atoms with Crippen LogP contribution in [0.4, 0.5) is 0 Å². The summed E-state index contributed by atoms with van der Waals surface area (Å²) in [6.07, 6.45) is 3.67. The lowest BCUT2D eigenvalue weighted by Crippen LogP contribution is -1.73. The van der Waals surface area contributed by atoms with Crippen LogP contribution in [0.15, 0.2) is 23.5 Å². The van der Waals surface area contributed by atoms with Gasteiger partial charge in [-0.25, -0.2) is 0 Å². The Labute approximate surface area is 50.3 Å². The molecule has 45 valence electrons. The monoisotopic (exact) mass is 111 g/mol.